The summed E-state index contributed by atoms with van der Waals surface area (Å²) in [5, 5.41) is -0.797. The lowest BCUT2D eigenvalue weighted by molar-refractivity contribution is 0.220. The van der Waals surface area contributed by atoms with E-state index in [2.05, 4.69) is 4.90 Å². The predicted octanol–water partition coefficient (Wildman–Crippen LogP) is 1.95. The van der Waals surface area contributed by atoms with Crippen LogP contribution < -0.4 is 0 Å². The van der Waals surface area contributed by atoms with Crippen molar-refractivity contribution in [3.8, 4) is 0 Å². The van der Waals surface area contributed by atoms with Crippen molar-refractivity contribution in [3.05, 3.63) is 35.9 Å². The second-order valence-electron chi connectivity index (χ2n) is 4.44. The Balaban J connectivity index is 1.88. The fraction of sp³-hybridized carbons (Fsp3) is 0.500. The van der Waals surface area contributed by atoms with Crippen molar-refractivity contribution in [1.82, 2.24) is 4.90 Å². The van der Waals surface area contributed by atoms with Crippen molar-refractivity contribution in [2.75, 3.05) is 13.1 Å². The van der Waals surface area contributed by atoms with Crippen LogP contribution in [0.1, 0.15) is 18.4 Å². The van der Waals surface area contributed by atoms with Crippen molar-refractivity contribution in [3.63, 3.8) is 0 Å². The lowest BCUT2D eigenvalue weighted by atomic mass is 10.1. The van der Waals surface area contributed by atoms with Crippen molar-refractivity contribution in [1.29, 1.82) is 0 Å². The molecular formula is C12H16FNO2S. The van der Waals surface area contributed by atoms with Crippen molar-refractivity contribution >= 4 is 10.2 Å². The van der Waals surface area contributed by atoms with Gasteiger partial charge in [-0.2, -0.15) is 8.42 Å². The average Bonchev–Trinajstić information content (AvgIpc) is 2.30. The zero-order valence-electron chi connectivity index (χ0n) is 9.55. The molecule has 0 unspecified atom stereocenters. The van der Waals surface area contributed by atoms with E-state index in [0.29, 0.717) is 25.9 Å². The second kappa shape index (κ2) is 5.14. The summed E-state index contributed by atoms with van der Waals surface area (Å²) in [4.78, 5) is 2.16. The molecule has 1 saturated heterocycles. The van der Waals surface area contributed by atoms with Gasteiger partial charge in [0.2, 0.25) is 0 Å². The first-order valence-electron chi connectivity index (χ1n) is 5.75. The van der Waals surface area contributed by atoms with Crippen LogP contribution in [0, 0.1) is 0 Å². The molecule has 17 heavy (non-hydrogen) atoms. The highest BCUT2D eigenvalue weighted by Crippen LogP contribution is 2.20. The minimum Gasteiger partial charge on any atom is -0.299 e. The first-order chi connectivity index (χ1) is 8.05. The summed E-state index contributed by atoms with van der Waals surface area (Å²) in [7, 11) is -4.35. The third-order valence-electron chi connectivity index (χ3n) is 3.18. The van der Waals surface area contributed by atoms with Crippen LogP contribution in [-0.4, -0.2) is 31.7 Å². The van der Waals surface area contributed by atoms with Gasteiger partial charge in [0, 0.05) is 6.54 Å². The van der Waals surface area contributed by atoms with E-state index in [1.807, 2.05) is 30.3 Å². The van der Waals surface area contributed by atoms with Crippen LogP contribution in [0.5, 0.6) is 0 Å². The summed E-state index contributed by atoms with van der Waals surface area (Å²) in [5.74, 6) is 0. The topological polar surface area (TPSA) is 37.4 Å². The SMILES string of the molecule is O=S(=O)(F)C1CCN(Cc2ccccc2)CC1. The summed E-state index contributed by atoms with van der Waals surface area (Å²) < 4.78 is 34.3. The highest BCUT2D eigenvalue weighted by atomic mass is 32.3. The molecule has 0 radical (unpaired) electrons. The fourth-order valence-corrected chi connectivity index (χ4v) is 2.96. The minimum absolute atomic E-state index is 0.395. The molecule has 5 heteroatoms. The molecule has 2 rings (SSSR count). The van der Waals surface area contributed by atoms with Gasteiger partial charge in [-0.05, 0) is 31.5 Å². The molecule has 0 aromatic heterocycles. The standard InChI is InChI=1S/C12H16FNO2S/c13-17(15,16)12-6-8-14(9-7-12)10-11-4-2-1-3-5-11/h1-5,12H,6-10H2. The van der Waals surface area contributed by atoms with Crippen LogP contribution in [-0.2, 0) is 16.8 Å². The number of halogens is 1. The molecular weight excluding hydrogens is 241 g/mol. The Morgan fingerprint density at radius 1 is 1.18 bits per heavy atom. The Morgan fingerprint density at radius 2 is 1.76 bits per heavy atom. The van der Waals surface area contributed by atoms with E-state index in [4.69, 9.17) is 0 Å². The Labute approximate surface area is 101 Å². The van der Waals surface area contributed by atoms with Crippen LogP contribution in [0.15, 0.2) is 30.3 Å². The zero-order valence-corrected chi connectivity index (χ0v) is 10.4. The van der Waals surface area contributed by atoms with Gasteiger partial charge in [-0.3, -0.25) is 4.90 Å². The maximum Gasteiger partial charge on any atom is 0.305 e. The van der Waals surface area contributed by atoms with Gasteiger partial charge in [0.15, 0.2) is 0 Å². The maximum absolute atomic E-state index is 12.8. The van der Waals surface area contributed by atoms with Gasteiger partial charge >= 0.3 is 10.2 Å². The third kappa shape index (κ3) is 3.51. The number of hydrogen-bond acceptors (Lipinski definition) is 3. The van der Waals surface area contributed by atoms with E-state index in [9.17, 15) is 12.3 Å². The van der Waals surface area contributed by atoms with Crippen LogP contribution in [0.25, 0.3) is 0 Å². The summed E-state index contributed by atoms with van der Waals surface area (Å²) >= 11 is 0. The molecule has 94 valence electrons. The van der Waals surface area contributed by atoms with Gasteiger partial charge < -0.3 is 0 Å². The van der Waals surface area contributed by atoms with Crippen LogP contribution in [0.3, 0.4) is 0 Å². The average molecular weight is 257 g/mol. The minimum atomic E-state index is -4.35. The van der Waals surface area contributed by atoms with E-state index in [0.717, 1.165) is 6.54 Å². The molecule has 1 aromatic carbocycles. The first-order valence-corrected chi connectivity index (χ1v) is 7.20. The van der Waals surface area contributed by atoms with Gasteiger partial charge in [0.1, 0.15) is 0 Å². The largest absolute Gasteiger partial charge is 0.305 e. The summed E-state index contributed by atoms with van der Waals surface area (Å²) in [5.41, 5.74) is 1.20. The quantitative estimate of drug-likeness (QED) is 0.777. The van der Waals surface area contributed by atoms with E-state index >= 15 is 0 Å². The Kier molecular flexibility index (Phi) is 3.79. The molecule has 1 aliphatic heterocycles. The molecule has 3 nitrogen and oxygen atoms in total. The molecule has 0 saturated carbocycles. The van der Waals surface area contributed by atoms with E-state index in [1.54, 1.807) is 0 Å². The number of benzene rings is 1. The molecule has 0 bridgehead atoms. The maximum atomic E-state index is 12.8. The zero-order chi connectivity index (χ0) is 12.3. The summed E-state index contributed by atoms with van der Waals surface area (Å²) in [6, 6.07) is 10.0. The monoisotopic (exact) mass is 257 g/mol. The smallest absolute Gasteiger partial charge is 0.299 e. The first kappa shape index (κ1) is 12.5. The number of likely N-dealkylation sites (tertiary alicyclic amines) is 1. The number of rotatable bonds is 3. The van der Waals surface area contributed by atoms with Gasteiger partial charge in [0.05, 0.1) is 5.25 Å². The molecule has 1 aliphatic rings. The van der Waals surface area contributed by atoms with Crippen molar-refractivity contribution in [2.24, 2.45) is 0 Å². The molecule has 1 heterocycles. The van der Waals surface area contributed by atoms with Gasteiger partial charge in [-0.1, -0.05) is 30.3 Å². The molecule has 1 aromatic rings. The third-order valence-corrected chi connectivity index (χ3v) is 4.45. The lowest BCUT2D eigenvalue weighted by Gasteiger charge is -2.29. The van der Waals surface area contributed by atoms with Crippen molar-refractivity contribution in [2.45, 2.75) is 24.6 Å². The van der Waals surface area contributed by atoms with Crippen LogP contribution >= 0.6 is 0 Å². The molecule has 0 atom stereocenters. The normalized spacial score (nSPS) is 19.4. The number of piperidine rings is 1. The summed E-state index contributed by atoms with van der Waals surface area (Å²) in [6.45, 7) is 2.09. The van der Waals surface area contributed by atoms with Crippen LogP contribution in [0.2, 0.25) is 0 Å². The molecule has 0 aliphatic carbocycles. The van der Waals surface area contributed by atoms with Gasteiger partial charge in [-0.25, -0.2) is 0 Å². The van der Waals surface area contributed by atoms with Gasteiger partial charge in [0.25, 0.3) is 0 Å². The van der Waals surface area contributed by atoms with E-state index < -0.39 is 15.5 Å². The summed E-state index contributed by atoms with van der Waals surface area (Å²) in [6.07, 6.45) is 0.789. The molecule has 0 spiro atoms. The van der Waals surface area contributed by atoms with Crippen molar-refractivity contribution < 1.29 is 12.3 Å². The predicted molar refractivity (Wildman–Crippen MR) is 64.8 cm³/mol. The number of nitrogens with zero attached hydrogens (tertiary/aromatic N) is 1. The number of hydrogen-bond donors (Lipinski definition) is 0. The van der Waals surface area contributed by atoms with E-state index in [1.165, 1.54) is 5.56 Å². The second-order valence-corrected chi connectivity index (χ2v) is 6.05. The Bertz CT molecular complexity index is 453. The van der Waals surface area contributed by atoms with Crippen LogP contribution in [0.4, 0.5) is 3.89 Å². The highest BCUT2D eigenvalue weighted by Gasteiger charge is 2.29. The molecule has 1 fully saturated rings. The van der Waals surface area contributed by atoms with E-state index in [-0.39, 0.29) is 0 Å². The lowest BCUT2D eigenvalue weighted by Crippen LogP contribution is -2.37. The Hall–Kier alpha value is -0.940. The Morgan fingerprint density at radius 3 is 2.29 bits per heavy atom. The van der Waals surface area contributed by atoms with Gasteiger partial charge in [-0.15, -0.1) is 3.89 Å². The fourth-order valence-electron chi connectivity index (χ4n) is 2.19. The molecule has 0 N–H and O–H groups in total. The molecule has 0 amide bonds. The highest BCUT2D eigenvalue weighted by molar-refractivity contribution is 7.87.